The molecule has 0 unspecified atom stereocenters. The van der Waals surface area contributed by atoms with Gasteiger partial charge in [0.25, 0.3) is 0 Å². The lowest BCUT2D eigenvalue weighted by molar-refractivity contribution is -0.157. The highest BCUT2D eigenvalue weighted by Gasteiger charge is 2.24. The average molecular weight is 466 g/mol. The van der Waals surface area contributed by atoms with Gasteiger partial charge in [-0.1, -0.05) is 64.3 Å². The molecule has 34 heavy (non-hydrogen) atoms. The Bertz CT molecular complexity index is 1050. The minimum Gasteiger partial charge on any atom is -0.454 e. The van der Waals surface area contributed by atoms with Crippen LogP contribution in [0, 0.1) is 19.8 Å². The molecule has 1 aromatic heterocycles. The van der Waals surface area contributed by atoms with Crippen molar-refractivity contribution in [2.45, 2.75) is 72.1 Å². The Kier molecular flexibility index (Phi) is 8.34. The molecule has 0 spiro atoms. The van der Waals surface area contributed by atoms with Gasteiger partial charge in [-0.15, -0.1) is 0 Å². The van der Waals surface area contributed by atoms with Crippen LogP contribution >= 0.6 is 0 Å². The summed E-state index contributed by atoms with van der Waals surface area (Å²) in [6, 6.07) is 8.46. The van der Waals surface area contributed by atoms with Crippen LogP contribution in [0.3, 0.4) is 0 Å². The van der Waals surface area contributed by atoms with Crippen LogP contribution in [0.25, 0.3) is 11.3 Å². The standard InChI is InChI=1S/C28H39N3O3/c1-19-20(2)30-31(7)25(19)26(33-18-34-27(32)22-11-9-8-10-12-22)24(17-29-6)21-13-15-23(16-14-21)28(3,4)5/h13-17,22H,8-12,18H2,1-7H3/b26-24-,29-17?. The lowest BCUT2D eigenvalue weighted by Gasteiger charge is -2.21. The minimum atomic E-state index is -0.169. The van der Waals surface area contributed by atoms with Crippen molar-refractivity contribution in [3.63, 3.8) is 0 Å². The summed E-state index contributed by atoms with van der Waals surface area (Å²) in [5, 5.41) is 4.58. The molecule has 1 aliphatic rings. The number of aliphatic imine (C=N–C) groups is 1. The van der Waals surface area contributed by atoms with E-state index in [-0.39, 0.29) is 24.1 Å². The third-order valence-corrected chi connectivity index (χ3v) is 6.64. The molecule has 0 bridgehead atoms. The van der Waals surface area contributed by atoms with E-state index < -0.39 is 0 Å². The predicted molar refractivity (Wildman–Crippen MR) is 138 cm³/mol. The molecule has 0 atom stereocenters. The molecule has 3 rings (SSSR count). The Hall–Kier alpha value is -2.89. The summed E-state index contributed by atoms with van der Waals surface area (Å²) in [6.07, 6.45) is 6.96. The molecular formula is C28H39N3O3. The van der Waals surface area contributed by atoms with Crippen molar-refractivity contribution in [2.24, 2.45) is 18.0 Å². The third-order valence-electron chi connectivity index (χ3n) is 6.64. The van der Waals surface area contributed by atoms with Gasteiger partial charge in [-0.2, -0.15) is 5.10 Å². The highest BCUT2D eigenvalue weighted by molar-refractivity contribution is 6.18. The second-order valence-corrected chi connectivity index (χ2v) is 10.2. The lowest BCUT2D eigenvalue weighted by Crippen LogP contribution is -2.21. The smallest absolute Gasteiger partial charge is 0.311 e. The summed E-state index contributed by atoms with van der Waals surface area (Å²) >= 11 is 0. The molecule has 6 nitrogen and oxygen atoms in total. The molecule has 1 aliphatic carbocycles. The lowest BCUT2D eigenvalue weighted by atomic mass is 9.86. The summed E-state index contributed by atoms with van der Waals surface area (Å²) in [5.74, 6) is 0.412. The van der Waals surface area contributed by atoms with Crippen LogP contribution in [0.5, 0.6) is 0 Å². The molecule has 0 aliphatic heterocycles. The van der Waals surface area contributed by atoms with Crippen molar-refractivity contribution in [3.8, 4) is 0 Å². The van der Waals surface area contributed by atoms with E-state index in [4.69, 9.17) is 9.47 Å². The van der Waals surface area contributed by atoms with E-state index in [2.05, 4.69) is 55.1 Å². The second-order valence-electron chi connectivity index (χ2n) is 10.2. The van der Waals surface area contributed by atoms with Crippen molar-refractivity contribution >= 4 is 23.5 Å². The highest BCUT2D eigenvalue weighted by atomic mass is 16.7. The van der Waals surface area contributed by atoms with Gasteiger partial charge >= 0.3 is 5.97 Å². The summed E-state index contributed by atoms with van der Waals surface area (Å²) in [7, 11) is 3.64. The molecule has 1 fully saturated rings. The number of hydrogen-bond acceptors (Lipinski definition) is 5. The van der Waals surface area contributed by atoms with E-state index in [1.165, 1.54) is 12.0 Å². The van der Waals surface area contributed by atoms with Gasteiger partial charge in [0, 0.05) is 31.4 Å². The average Bonchev–Trinajstić information content (AvgIpc) is 3.06. The van der Waals surface area contributed by atoms with Crippen molar-refractivity contribution in [3.05, 3.63) is 52.3 Å². The fraction of sp³-hybridized carbons (Fsp3) is 0.536. The fourth-order valence-electron chi connectivity index (χ4n) is 4.50. The molecule has 1 heterocycles. The maximum Gasteiger partial charge on any atom is 0.311 e. The van der Waals surface area contributed by atoms with Crippen LogP contribution in [0.2, 0.25) is 0 Å². The Morgan fingerprint density at radius 1 is 1.12 bits per heavy atom. The second kappa shape index (κ2) is 11.0. The predicted octanol–water partition coefficient (Wildman–Crippen LogP) is 6.00. The van der Waals surface area contributed by atoms with Gasteiger partial charge in [-0.25, -0.2) is 0 Å². The molecule has 0 radical (unpaired) electrons. The fourth-order valence-corrected chi connectivity index (χ4v) is 4.50. The number of carbonyl (C=O) groups excluding carboxylic acids is 1. The molecule has 2 aromatic rings. The quantitative estimate of drug-likeness (QED) is 0.218. The first-order chi connectivity index (χ1) is 16.1. The molecule has 0 N–H and O–H groups in total. The van der Waals surface area contributed by atoms with Crippen LogP contribution in [0.4, 0.5) is 0 Å². The van der Waals surface area contributed by atoms with Crippen molar-refractivity contribution in [2.75, 3.05) is 13.8 Å². The Morgan fingerprint density at radius 3 is 2.29 bits per heavy atom. The number of nitrogens with zero attached hydrogens (tertiary/aromatic N) is 3. The Labute approximate surface area is 204 Å². The zero-order chi connectivity index (χ0) is 24.9. The van der Waals surface area contributed by atoms with Gasteiger partial charge < -0.3 is 9.47 Å². The first-order valence-electron chi connectivity index (χ1n) is 12.2. The summed E-state index contributed by atoms with van der Waals surface area (Å²) in [6.45, 7) is 10.5. The van der Waals surface area contributed by atoms with Gasteiger partial charge in [-0.05, 0) is 43.2 Å². The number of carbonyl (C=O) groups is 1. The highest BCUT2D eigenvalue weighted by Crippen LogP contribution is 2.32. The van der Waals surface area contributed by atoms with Crippen LogP contribution in [0.15, 0.2) is 29.3 Å². The number of ether oxygens (including phenoxy) is 2. The molecule has 1 aromatic carbocycles. The maximum atomic E-state index is 12.6. The number of aromatic nitrogens is 2. The largest absolute Gasteiger partial charge is 0.454 e. The summed E-state index contributed by atoms with van der Waals surface area (Å²) in [4.78, 5) is 16.9. The van der Waals surface area contributed by atoms with E-state index in [1.54, 1.807) is 13.3 Å². The van der Waals surface area contributed by atoms with Gasteiger partial charge in [0.05, 0.1) is 11.6 Å². The number of allylic oxidation sites excluding steroid dienone is 1. The molecule has 0 saturated heterocycles. The topological polar surface area (TPSA) is 65.7 Å². The number of rotatable bonds is 7. The van der Waals surface area contributed by atoms with Crippen LogP contribution in [0.1, 0.15) is 81.0 Å². The zero-order valence-electron chi connectivity index (χ0n) is 21.8. The van der Waals surface area contributed by atoms with Crippen molar-refractivity contribution < 1.29 is 14.3 Å². The number of esters is 1. The zero-order valence-corrected chi connectivity index (χ0v) is 21.8. The van der Waals surface area contributed by atoms with E-state index in [1.807, 2.05) is 25.6 Å². The third kappa shape index (κ3) is 5.96. The van der Waals surface area contributed by atoms with E-state index in [0.717, 1.165) is 53.8 Å². The van der Waals surface area contributed by atoms with E-state index in [0.29, 0.717) is 5.76 Å². The van der Waals surface area contributed by atoms with Gasteiger partial charge in [0.15, 0.2) is 5.76 Å². The van der Waals surface area contributed by atoms with Crippen LogP contribution in [-0.4, -0.2) is 35.8 Å². The summed E-state index contributed by atoms with van der Waals surface area (Å²) in [5.41, 5.74) is 5.90. The molecule has 184 valence electrons. The number of hydrogen-bond donors (Lipinski definition) is 0. The van der Waals surface area contributed by atoms with Gasteiger partial charge in [-0.3, -0.25) is 14.5 Å². The van der Waals surface area contributed by atoms with E-state index >= 15 is 0 Å². The number of benzene rings is 1. The van der Waals surface area contributed by atoms with Crippen molar-refractivity contribution in [1.29, 1.82) is 0 Å². The SMILES string of the molecule is CN=C/C(=C(/OCOC(=O)C1CCCCC1)c1c(C)c(C)nn1C)c1ccc(C(C)(C)C)cc1. The molecule has 6 heteroatoms. The summed E-state index contributed by atoms with van der Waals surface area (Å²) < 4.78 is 13.6. The maximum absolute atomic E-state index is 12.6. The normalized spacial score (nSPS) is 16.0. The Morgan fingerprint density at radius 2 is 1.76 bits per heavy atom. The Balaban J connectivity index is 1.98. The first kappa shape index (κ1) is 25.7. The molecule has 1 saturated carbocycles. The van der Waals surface area contributed by atoms with Gasteiger partial charge in [0.2, 0.25) is 6.79 Å². The van der Waals surface area contributed by atoms with Crippen LogP contribution in [-0.2, 0) is 26.7 Å². The van der Waals surface area contributed by atoms with Crippen LogP contribution < -0.4 is 0 Å². The number of aryl methyl sites for hydroxylation is 2. The monoisotopic (exact) mass is 465 g/mol. The minimum absolute atomic E-state index is 0.0212. The van der Waals surface area contributed by atoms with Gasteiger partial charge in [0.1, 0.15) is 5.69 Å². The molecule has 0 amide bonds. The van der Waals surface area contributed by atoms with E-state index in [9.17, 15) is 4.79 Å². The molecular weight excluding hydrogens is 426 g/mol. The van der Waals surface area contributed by atoms with Crippen molar-refractivity contribution in [1.82, 2.24) is 9.78 Å². The first-order valence-corrected chi connectivity index (χ1v) is 12.2.